The Hall–Kier alpha value is -3.33. The van der Waals surface area contributed by atoms with Gasteiger partial charge in [-0.3, -0.25) is 24.5 Å². The van der Waals surface area contributed by atoms with Crippen molar-refractivity contribution in [2.45, 2.75) is 32.2 Å². The van der Waals surface area contributed by atoms with Crippen LogP contribution in [0, 0.1) is 0 Å². The maximum atomic E-state index is 12.9. The molecule has 1 N–H and O–H groups in total. The third kappa shape index (κ3) is 4.72. The molecule has 2 amide bonds. The maximum absolute atomic E-state index is 12.9. The van der Waals surface area contributed by atoms with E-state index in [1.807, 2.05) is 9.47 Å². The summed E-state index contributed by atoms with van der Waals surface area (Å²) in [4.78, 5) is 40.4. The fourth-order valence-electron chi connectivity index (χ4n) is 3.76. The van der Waals surface area contributed by atoms with Crippen LogP contribution in [0.15, 0.2) is 36.8 Å². The van der Waals surface area contributed by atoms with E-state index in [4.69, 9.17) is 4.74 Å². The van der Waals surface area contributed by atoms with Crippen LogP contribution in [-0.4, -0.2) is 63.0 Å². The number of pyridine rings is 2. The predicted molar refractivity (Wildman–Crippen MR) is 116 cm³/mol. The second kappa shape index (κ2) is 9.65. The Morgan fingerprint density at radius 1 is 1.13 bits per heavy atom. The molecule has 3 aromatic rings. The molecule has 0 bridgehead atoms. The van der Waals surface area contributed by atoms with Gasteiger partial charge in [0.25, 0.3) is 11.8 Å². The lowest BCUT2D eigenvalue weighted by molar-refractivity contribution is 0.0724. The van der Waals surface area contributed by atoms with Crippen LogP contribution in [0.3, 0.4) is 0 Å². The summed E-state index contributed by atoms with van der Waals surface area (Å²) < 4.78 is 7.01. The second-order valence-corrected chi connectivity index (χ2v) is 7.54. The van der Waals surface area contributed by atoms with Crippen LogP contribution in [0.5, 0.6) is 0 Å². The van der Waals surface area contributed by atoms with Gasteiger partial charge in [0.2, 0.25) is 5.95 Å². The highest BCUT2D eigenvalue weighted by molar-refractivity contribution is 6.04. The summed E-state index contributed by atoms with van der Waals surface area (Å²) in [6.07, 6.45) is 8.68. The number of carbonyl (C=O) groups is 2. The lowest BCUT2D eigenvalue weighted by Gasteiger charge is -2.26. The molecule has 1 saturated heterocycles. The van der Waals surface area contributed by atoms with Crippen molar-refractivity contribution < 1.29 is 14.3 Å². The first-order chi connectivity index (χ1) is 15.2. The van der Waals surface area contributed by atoms with Crippen molar-refractivity contribution in [2.24, 2.45) is 0 Å². The molecule has 0 atom stereocenters. The van der Waals surface area contributed by atoms with E-state index in [1.165, 1.54) is 0 Å². The molecule has 1 aliphatic heterocycles. The Bertz CT molecular complexity index is 1060. The van der Waals surface area contributed by atoms with Crippen molar-refractivity contribution in [3.8, 4) is 0 Å². The number of carbonyl (C=O) groups excluding carboxylic acids is 2. The molecule has 162 valence electrons. The summed E-state index contributed by atoms with van der Waals surface area (Å²) >= 11 is 0. The minimum atomic E-state index is -0.282. The number of ether oxygens (including phenoxy) is 1. The molecule has 1 fully saturated rings. The number of nitrogens with zero attached hydrogens (tertiary/aromatic N) is 5. The smallest absolute Gasteiger partial charge is 0.258 e. The number of aryl methyl sites for hydroxylation is 1. The van der Waals surface area contributed by atoms with Gasteiger partial charge in [0.15, 0.2) is 5.65 Å². The van der Waals surface area contributed by atoms with E-state index >= 15 is 0 Å². The van der Waals surface area contributed by atoms with E-state index in [-0.39, 0.29) is 11.8 Å². The Morgan fingerprint density at radius 3 is 2.65 bits per heavy atom. The first-order valence-corrected chi connectivity index (χ1v) is 10.5. The molecule has 0 spiro atoms. The number of hydrogen-bond acceptors (Lipinski definition) is 6. The number of hydrogen-bond donors (Lipinski definition) is 1. The predicted octanol–water partition coefficient (Wildman–Crippen LogP) is 2.74. The highest BCUT2D eigenvalue weighted by atomic mass is 16.5. The molecule has 0 radical (unpaired) electrons. The first-order valence-electron chi connectivity index (χ1n) is 10.5. The van der Waals surface area contributed by atoms with Gasteiger partial charge in [0, 0.05) is 57.5 Å². The molecule has 9 heteroatoms. The van der Waals surface area contributed by atoms with Gasteiger partial charge in [0.1, 0.15) is 5.52 Å². The minimum absolute atomic E-state index is 0.0228. The fourth-order valence-corrected chi connectivity index (χ4v) is 3.76. The topological polar surface area (TPSA) is 102 Å². The highest BCUT2D eigenvalue weighted by Crippen LogP contribution is 2.22. The van der Waals surface area contributed by atoms with E-state index in [1.54, 1.807) is 43.9 Å². The van der Waals surface area contributed by atoms with Crippen LogP contribution in [-0.2, 0) is 11.3 Å². The fraction of sp³-hybridized carbons (Fsp3) is 0.409. The van der Waals surface area contributed by atoms with Gasteiger partial charge in [-0.2, -0.15) is 0 Å². The first kappa shape index (κ1) is 20.9. The van der Waals surface area contributed by atoms with E-state index in [9.17, 15) is 9.59 Å². The molecular weight excluding hydrogens is 396 g/mol. The lowest BCUT2D eigenvalue weighted by Crippen LogP contribution is -2.35. The molecular formula is C22H26N6O3. The molecule has 3 aromatic heterocycles. The molecule has 0 aromatic carbocycles. The van der Waals surface area contributed by atoms with Gasteiger partial charge in [-0.1, -0.05) is 0 Å². The summed E-state index contributed by atoms with van der Waals surface area (Å²) in [7, 11) is 1.65. The van der Waals surface area contributed by atoms with Crippen molar-refractivity contribution in [1.82, 2.24) is 24.4 Å². The van der Waals surface area contributed by atoms with E-state index in [0.29, 0.717) is 41.4 Å². The number of piperidine rings is 1. The van der Waals surface area contributed by atoms with Crippen molar-refractivity contribution in [2.75, 3.05) is 32.1 Å². The molecule has 0 saturated carbocycles. The summed E-state index contributed by atoms with van der Waals surface area (Å²) in [6, 6.07) is 5.04. The molecule has 0 unspecified atom stereocenters. The molecule has 4 rings (SSSR count). The SMILES string of the molecule is COCCCn1c(NC(=O)c2ccncc2)nc2cc(C(=O)N3CCCCC3)cnc21. The van der Waals surface area contributed by atoms with Gasteiger partial charge >= 0.3 is 0 Å². The van der Waals surface area contributed by atoms with Crippen molar-refractivity contribution >= 4 is 28.9 Å². The van der Waals surface area contributed by atoms with Gasteiger partial charge in [0.05, 0.1) is 5.56 Å². The van der Waals surface area contributed by atoms with Crippen LogP contribution in [0.4, 0.5) is 5.95 Å². The van der Waals surface area contributed by atoms with Crippen molar-refractivity contribution in [3.63, 3.8) is 0 Å². The Labute approximate surface area is 180 Å². The average Bonchev–Trinajstić information content (AvgIpc) is 3.16. The van der Waals surface area contributed by atoms with Crippen molar-refractivity contribution in [1.29, 1.82) is 0 Å². The molecule has 31 heavy (non-hydrogen) atoms. The molecule has 1 aliphatic rings. The minimum Gasteiger partial charge on any atom is -0.385 e. The third-order valence-corrected chi connectivity index (χ3v) is 5.37. The summed E-state index contributed by atoms with van der Waals surface area (Å²) in [5.41, 5.74) is 2.20. The van der Waals surface area contributed by atoms with Gasteiger partial charge in [-0.25, -0.2) is 9.97 Å². The number of fused-ring (bicyclic) bond motifs is 1. The zero-order valence-electron chi connectivity index (χ0n) is 17.6. The summed E-state index contributed by atoms with van der Waals surface area (Å²) in [6.45, 7) is 2.69. The monoisotopic (exact) mass is 422 g/mol. The number of likely N-dealkylation sites (tertiary alicyclic amines) is 1. The van der Waals surface area contributed by atoms with Crippen molar-refractivity contribution in [3.05, 3.63) is 47.9 Å². The van der Waals surface area contributed by atoms with E-state index in [2.05, 4.69) is 20.3 Å². The zero-order chi connectivity index (χ0) is 21.6. The zero-order valence-corrected chi connectivity index (χ0v) is 17.6. The summed E-state index contributed by atoms with van der Waals surface area (Å²) in [5.74, 6) is 0.0868. The van der Waals surface area contributed by atoms with Gasteiger partial charge in [-0.05, 0) is 43.9 Å². The second-order valence-electron chi connectivity index (χ2n) is 7.54. The lowest BCUT2D eigenvalue weighted by atomic mass is 10.1. The Kier molecular flexibility index (Phi) is 6.51. The van der Waals surface area contributed by atoms with Gasteiger partial charge < -0.3 is 9.64 Å². The quantitative estimate of drug-likeness (QED) is 0.588. The van der Waals surface area contributed by atoms with Crippen LogP contribution >= 0.6 is 0 Å². The maximum Gasteiger partial charge on any atom is 0.258 e. The average molecular weight is 422 g/mol. The number of methoxy groups -OCH3 is 1. The van der Waals surface area contributed by atoms with Crippen LogP contribution in [0.1, 0.15) is 46.4 Å². The molecule has 4 heterocycles. The van der Waals surface area contributed by atoms with Crippen LogP contribution in [0.25, 0.3) is 11.2 Å². The third-order valence-electron chi connectivity index (χ3n) is 5.37. The normalized spacial score (nSPS) is 14.0. The van der Waals surface area contributed by atoms with Crippen LogP contribution < -0.4 is 5.32 Å². The van der Waals surface area contributed by atoms with Crippen LogP contribution in [0.2, 0.25) is 0 Å². The molecule has 0 aliphatic carbocycles. The number of imidazole rings is 1. The Balaban J connectivity index is 1.64. The van der Waals surface area contributed by atoms with E-state index < -0.39 is 0 Å². The number of anilines is 1. The number of amides is 2. The summed E-state index contributed by atoms with van der Waals surface area (Å²) in [5, 5.41) is 2.86. The Morgan fingerprint density at radius 2 is 1.90 bits per heavy atom. The number of rotatable bonds is 7. The number of aromatic nitrogens is 4. The molecule has 9 nitrogen and oxygen atoms in total. The van der Waals surface area contributed by atoms with E-state index in [0.717, 1.165) is 38.8 Å². The van der Waals surface area contributed by atoms with Gasteiger partial charge in [-0.15, -0.1) is 0 Å². The largest absolute Gasteiger partial charge is 0.385 e. The number of nitrogens with one attached hydrogen (secondary N) is 1. The highest BCUT2D eigenvalue weighted by Gasteiger charge is 2.21. The standard InChI is InChI=1S/C22H26N6O3/c1-31-13-5-12-28-19-18(25-22(28)26-20(29)16-6-8-23-9-7-16)14-17(15-24-19)21(30)27-10-3-2-4-11-27/h6-9,14-15H,2-5,10-13H2,1H3,(H,25,26,29).